The van der Waals surface area contributed by atoms with Crippen LogP contribution in [0.15, 0.2) is 40.7 Å². The lowest BCUT2D eigenvalue weighted by Crippen LogP contribution is -2.36. The van der Waals surface area contributed by atoms with Crippen molar-refractivity contribution in [3.63, 3.8) is 0 Å². The molecule has 0 aliphatic carbocycles. The fourth-order valence-electron chi connectivity index (χ4n) is 3.24. The van der Waals surface area contributed by atoms with Crippen LogP contribution in [0.25, 0.3) is 16.2 Å². The van der Waals surface area contributed by atoms with Gasteiger partial charge in [-0.1, -0.05) is 17.5 Å². The maximum atomic E-state index is 13.3. The number of fused-ring (bicyclic) bond motifs is 1. The summed E-state index contributed by atoms with van der Waals surface area (Å²) in [6, 6.07) is 7.85. The molecule has 0 spiro atoms. The molecule has 33 heavy (non-hydrogen) atoms. The maximum Gasteiger partial charge on any atom is 0.245 e. The third kappa shape index (κ3) is 5.89. The van der Waals surface area contributed by atoms with E-state index in [1.165, 1.54) is 6.07 Å². The zero-order valence-electron chi connectivity index (χ0n) is 18.6. The van der Waals surface area contributed by atoms with E-state index in [9.17, 15) is 28.1 Å². The fourth-order valence-corrected chi connectivity index (χ4v) is 3.24. The number of aliphatic hydroxyl groups excluding tert-OH is 1. The van der Waals surface area contributed by atoms with Crippen LogP contribution in [0.5, 0.6) is 0 Å². The standard InChI is InChI=1S/C17H10F4N5.C5H14NO/c1-7-9-4-8(2-3-12(9)26-25-7)13-10(5-22)14(16(18)19)24-15(17(20)21)11(13)6-23;1-6(2,3)4-5-7/h2-4,13,16-17H,1H3,(H,25,26);7H,4-5H2,1-3H3/q-1;+1. The van der Waals surface area contributed by atoms with Gasteiger partial charge in [0, 0.05) is 16.5 Å². The van der Waals surface area contributed by atoms with Gasteiger partial charge in [-0.25, -0.2) is 17.6 Å². The Morgan fingerprint density at radius 2 is 1.64 bits per heavy atom. The number of nitrogens with zero attached hydrogens (tertiary/aromatic N) is 5. The number of hydrogen-bond donors (Lipinski definition) is 2. The lowest BCUT2D eigenvalue weighted by atomic mass is 9.81. The van der Waals surface area contributed by atoms with E-state index in [1.54, 1.807) is 31.2 Å². The van der Waals surface area contributed by atoms with E-state index in [4.69, 9.17) is 5.11 Å². The highest BCUT2D eigenvalue weighted by Gasteiger charge is 2.31. The minimum atomic E-state index is -3.22. The first-order valence-electron chi connectivity index (χ1n) is 9.87. The van der Waals surface area contributed by atoms with E-state index in [1.807, 2.05) is 0 Å². The number of nitrogens with one attached hydrogen (secondary N) is 1. The molecule has 0 unspecified atom stereocenters. The molecule has 0 fully saturated rings. The number of nitriles is 2. The first-order chi connectivity index (χ1) is 15.4. The molecule has 1 aliphatic rings. The summed E-state index contributed by atoms with van der Waals surface area (Å²) < 4.78 is 54.1. The van der Waals surface area contributed by atoms with Gasteiger partial charge in [-0.15, -0.1) is 0 Å². The van der Waals surface area contributed by atoms with Gasteiger partial charge < -0.3 is 14.9 Å². The maximum absolute atomic E-state index is 13.3. The summed E-state index contributed by atoms with van der Waals surface area (Å²) in [4.78, 5) is 0. The summed E-state index contributed by atoms with van der Waals surface area (Å²) in [6.07, 6.45) is -6.44. The number of aryl methyl sites for hydroxylation is 1. The van der Waals surface area contributed by atoms with Crippen molar-refractivity contribution in [2.45, 2.75) is 25.7 Å². The number of halogens is 4. The van der Waals surface area contributed by atoms with Crippen molar-refractivity contribution < 1.29 is 27.2 Å². The molecule has 0 atom stereocenters. The molecule has 11 heteroatoms. The molecule has 1 aromatic carbocycles. The second-order valence-electron chi connectivity index (χ2n) is 8.32. The summed E-state index contributed by atoms with van der Waals surface area (Å²) in [7, 11) is 6.16. The van der Waals surface area contributed by atoms with E-state index in [0.29, 0.717) is 16.6 Å². The quantitative estimate of drug-likeness (QED) is 0.512. The molecule has 0 amide bonds. The average molecular weight is 464 g/mol. The number of alkyl halides is 4. The van der Waals surface area contributed by atoms with Crippen molar-refractivity contribution in [1.82, 2.24) is 10.2 Å². The van der Waals surface area contributed by atoms with Crippen LogP contribution in [0, 0.1) is 29.6 Å². The largest absolute Gasteiger partial charge is 0.654 e. The minimum Gasteiger partial charge on any atom is -0.654 e. The number of H-pyrrole nitrogens is 1. The average Bonchev–Trinajstić information content (AvgIpc) is 3.11. The molecule has 3 rings (SSSR count). The first kappa shape index (κ1) is 25.8. The predicted octanol–water partition coefficient (Wildman–Crippen LogP) is 4.11. The SMILES string of the molecule is C[N+](C)(C)CCO.Cc1n[nH]c2ccc(C3C(C#N)=C(C(F)F)[N-]C(C(F)F)=C3C#N)cc12. The van der Waals surface area contributed by atoms with Gasteiger partial charge in [-0.05, 0) is 24.6 Å². The van der Waals surface area contributed by atoms with Crippen LogP contribution >= 0.6 is 0 Å². The number of allylic oxidation sites excluding steroid dienone is 4. The molecule has 0 saturated heterocycles. The number of aromatic amines is 1. The van der Waals surface area contributed by atoms with Crippen molar-refractivity contribution in [1.29, 1.82) is 10.5 Å². The molecule has 7 nitrogen and oxygen atoms in total. The summed E-state index contributed by atoms with van der Waals surface area (Å²) in [5.74, 6) is -1.34. The number of benzene rings is 1. The lowest BCUT2D eigenvalue weighted by Gasteiger charge is -2.38. The number of aromatic nitrogens is 2. The molecule has 2 heterocycles. The van der Waals surface area contributed by atoms with E-state index < -0.39 is 41.3 Å². The molecule has 0 radical (unpaired) electrons. The monoisotopic (exact) mass is 464 g/mol. The van der Waals surface area contributed by atoms with Crippen LogP contribution in [0.4, 0.5) is 17.6 Å². The van der Waals surface area contributed by atoms with Crippen LogP contribution in [0.1, 0.15) is 17.2 Å². The van der Waals surface area contributed by atoms with Crippen molar-refractivity contribution >= 4 is 10.9 Å². The van der Waals surface area contributed by atoms with Crippen molar-refractivity contribution in [2.75, 3.05) is 34.3 Å². The normalized spacial score (nSPS) is 14.8. The number of aliphatic hydroxyl groups is 1. The summed E-state index contributed by atoms with van der Waals surface area (Å²) in [5, 5.41) is 37.8. The highest BCUT2D eigenvalue weighted by molar-refractivity contribution is 5.82. The van der Waals surface area contributed by atoms with Crippen LogP contribution in [-0.2, 0) is 0 Å². The predicted molar refractivity (Wildman–Crippen MR) is 114 cm³/mol. The second-order valence-corrected chi connectivity index (χ2v) is 8.32. The Labute approximate surface area is 188 Å². The minimum absolute atomic E-state index is 0.265. The summed E-state index contributed by atoms with van der Waals surface area (Å²) in [6.45, 7) is 2.82. The molecule has 176 valence electrons. The van der Waals surface area contributed by atoms with Crippen LogP contribution < -0.4 is 0 Å². The Bertz CT molecular complexity index is 1110. The lowest BCUT2D eigenvalue weighted by molar-refractivity contribution is -0.870. The highest BCUT2D eigenvalue weighted by atomic mass is 19.3. The first-order valence-corrected chi connectivity index (χ1v) is 9.87. The molecular weight excluding hydrogens is 440 g/mol. The Hall–Kier alpha value is -3.41. The van der Waals surface area contributed by atoms with Gasteiger partial charge in [-0.3, -0.25) is 5.10 Å². The highest BCUT2D eigenvalue weighted by Crippen LogP contribution is 2.46. The van der Waals surface area contributed by atoms with Gasteiger partial charge in [0.15, 0.2) is 0 Å². The van der Waals surface area contributed by atoms with Crippen molar-refractivity contribution in [3.05, 3.63) is 57.3 Å². The molecule has 1 aromatic heterocycles. The Morgan fingerprint density at radius 1 is 1.09 bits per heavy atom. The summed E-state index contributed by atoms with van der Waals surface area (Å²) >= 11 is 0. The third-order valence-electron chi connectivity index (χ3n) is 4.91. The summed E-state index contributed by atoms with van der Waals surface area (Å²) in [5.41, 5.74) is -1.56. The van der Waals surface area contributed by atoms with Crippen LogP contribution in [0.2, 0.25) is 0 Å². The molecule has 2 aromatic rings. The van der Waals surface area contributed by atoms with E-state index >= 15 is 0 Å². The van der Waals surface area contributed by atoms with Gasteiger partial charge >= 0.3 is 0 Å². The zero-order chi connectivity index (χ0) is 24.9. The van der Waals surface area contributed by atoms with Crippen molar-refractivity contribution in [2.24, 2.45) is 0 Å². The molecule has 1 aliphatic heterocycles. The fraction of sp³-hybridized carbons (Fsp3) is 0.409. The molecular formula is C22H24F4N6O. The van der Waals surface area contributed by atoms with E-state index in [2.05, 4.69) is 36.7 Å². The zero-order valence-corrected chi connectivity index (χ0v) is 18.6. The number of hydrogen-bond acceptors (Lipinski definition) is 4. The Balaban J connectivity index is 0.000000479. The topological polar surface area (TPSA) is 111 Å². The third-order valence-corrected chi connectivity index (χ3v) is 4.91. The van der Waals surface area contributed by atoms with Crippen LogP contribution in [-0.4, -0.2) is 66.9 Å². The smallest absolute Gasteiger partial charge is 0.245 e. The van der Waals surface area contributed by atoms with Gasteiger partial charge in [0.2, 0.25) is 12.9 Å². The van der Waals surface area contributed by atoms with Gasteiger partial charge in [0.25, 0.3) is 0 Å². The number of likely N-dealkylation sites (N-methyl/N-ethyl adjacent to an activating group) is 1. The van der Waals surface area contributed by atoms with E-state index in [0.717, 1.165) is 11.0 Å². The number of quaternary nitrogens is 1. The number of rotatable bonds is 5. The van der Waals surface area contributed by atoms with Crippen LogP contribution in [0.3, 0.4) is 0 Å². The Kier molecular flexibility index (Phi) is 8.20. The second kappa shape index (κ2) is 10.5. The van der Waals surface area contributed by atoms with Gasteiger partial charge in [0.05, 0.1) is 57.0 Å². The van der Waals surface area contributed by atoms with Gasteiger partial charge in [0.1, 0.15) is 6.54 Å². The van der Waals surface area contributed by atoms with E-state index in [-0.39, 0.29) is 12.2 Å². The van der Waals surface area contributed by atoms with Gasteiger partial charge in [-0.2, -0.15) is 15.6 Å². The Morgan fingerprint density at radius 3 is 2.03 bits per heavy atom. The van der Waals surface area contributed by atoms with Crippen molar-refractivity contribution in [3.8, 4) is 12.1 Å². The molecule has 0 saturated carbocycles. The molecule has 2 N–H and O–H groups in total. The molecule has 0 bridgehead atoms.